The van der Waals surface area contributed by atoms with Gasteiger partial charge in [0.2, 0.25) is 0 Å². The van der Waals surface area contributed by atoms with Crippen LogP contribution in [-0.2, 0) is 0 Å². The first-order valence-corrected chi connectivity index (χ1v) is 22.7. The summed E-state index contributed by atoms with van der Waals surface area (Å²) in [6.07, 6.45) is 0. The second-order valence-electron chi connectivity index (χ2n) is 17.2. The standard InChI is InChI=1S/C62H38N2O3/c1-3-15-41(16-4-1)63(54-25-13-23-49-46-20-9-11-27-56(46)65-60(49)54)43-32-29-39(30-33-43)40-31-35-52-58(37-40)67-62-51-36-34-44(38-53(51)45-19-7-8-22-48(45)59(52)62)64(42-17-5-2-6-18-42)55-26-14-24-50-47-21-10-12-28-57(47)66-61(50)55/h1-38H. The highest BCUT2D eigenvalue weighted by Crippen LogP contribution is 2.47. The van der Waals surface area contributed by atoms with Gasteiger partial charge in [-0.25, -0.2) is 0 Å². The van der Waals surface area contributed by atoms with Crippen molar-refractivity contribution in [2.75, 3.05) is 9.80 Å². The average molecular weight is 859 g/mol. The lowest BCUT2D eigenvalue weighted by molar-refractivity contribution is 0.668. The summed E-state index contributed by atoms with van der Waals surface area (Å²) >= 11 is 0. The first-order chi connectivity index (χ1) is 33.2. The maximum absolute atomic E-state index is 6.99. The van der Waals surface area contributed by atoms with Gasteiger partial charge in [-0.3, -0.25) is 0 Å². The second kappa shape index (κ2) is 14.7. The number of furan rings is 3. The van der Waals surface area contributed by atoms with E-state index in [-0.39, 0.29) is 0 Å². The van der Waals surface area contributed by atoms with Crippen LogP contribution in [0.25, 0.3) is 98.5 Å². The third-order valence-corrected chi connectivity index (χ3v) is 13.4. The van der Waals surface area contributed by atoms with E-state index in [4.69, 9.17) is 13.3 Å². The predicted molar refractivity (Wildman–Crippen MR) is 278 cm³/mol. The minimum absolute atomic E-state index is 0.850. The van der Waals surface area contributed by atoms with Crippen LogP contribution in [0.15, 0.2) is 244 Å². The molecule has 14 aromatic rings. The minimum atomic E-state index is 0.850. The molecule has 5 nitrogen and oxygen atoms in total. The lowest BCUT2D eigenvalue weighted by Crippen LogP contribution is -2.10. The number of benzene rings is 11. The van der Waals surface area contributed by atoms with E-state index in [0.717, 1.165) is 127 Å². The van der Waals surface area contributed by atoms with Gasteiger partial charge >= 0.3 is 0 Å². The van der Waals surface area contributed by atoms with Gasteiger partial charge in [0.05, 0.1) is 11.4 Å². The van der Waals surface area contributed by atoms with Crippen LogP contribution < -0.4 is 9.80 Å². The Morgan fingerprint density at radius 3 is 1.31 bits per heavy atom. The van der Waals surface area contributed by atoms with Gasteiger partial charge < -0.3 is 23.1 Å². The Bertz CT molecular complexity index is 4220. The van der Waals surface area contributed by atoms with Gasteiger partial charge in [-0.2, -0.15) is 0 Å². The number of anilines is 6. The summed E-state index contributed by atoms with van der Waals surface area (Å²) in [5.41, 5.74) is 13.5. The van der Waals surface area contributed by atoms with Crippen LogP contribution in [0, 0.1) is 0 Å². The minimum Gasteiger partial charge on any atom is -0.455 e. The van der Waals surface area contributed by atoms with E-state index in [1.165, 1.54) is 5.39 Å². The molecule has 0 amide bonds. The fourth-order valence-corrected chi connectivity index (χ4v) is 10.4. The second-order valence-corrected chi connectivity index (χ2v) is 17.2. The lowest BCUT2D eigenvalue weighted by Gasteiger charge is -2.26. The van der Waals surface area contributed by atoms with E-state index in [0.29, 0.717) is 0 Å². The smallest absolute Gasteiger partial charge is 0.159 e. The summed E-state index contributed by atoms with van der Waals surface area (Å²) in [5, 5.41) is 11.1. The molecule has 14 rings (SSSR count). The third kappa shape index (κ3) is 5.81. The summed E-state index contributed by atoms with van der Waals surface area (Å²) in [4.78, 5) is 4.58. The summed E-state index contributed by atoms with van der Waals surface area (Å²) in [6.45, 7) is 0. The lowest BCUT2D eigenvalue weighted by atomic mass is 9.95. The molecule has 0 bridgehead atoms. The van der Waals surface area contributed by atoms with Crippen molar-refractivity contribution in [3.05, 3.63) is 231 Å². The topological polar surface area (TPSA) is 45.9 Å². The van der Waals surface area contributed by atoms with E-state index in [1.54, 1.807) is 0 Å². The Labute approximate surface area is 384 Å². The third-order valence-electron chi connectivity index (χ3n) is 13.4. The van der Waals surface area contributed by atoms with Gasteiger partial charge in [-0.15, -0.1) is 0 Å². The van der Waals surface area contributed by atoms with Crippen LogP contribution >= 0.6 is 0 Å². The van der Waals surface area contributed by atoms with Crippen LogP contribution in [0.5, 0.6) is 0 Å². The fraction of sp³-hybridized carbons (Fsp3) is 0. The van der Waals surface area contributed by atoms with Gasteiger partial charge in [0.15, 0.2) is 11.2 Å². The number of rotatable bonds is 7. The monoisotopic (exact) mass is 858 g/mol. The van der Waals surface area contributed by atoms with Crippen molar-refractivity contribution in [1.29, 1.82) is 0 Å². The zero-order chi connectivity index (χ0) is 44.0. The number of para-hydroxylation sites is 6. The average Bonchev–Trinajstić information content (AvgIpc) is 4.10. The summed E-state index contributed by atoms with van der Waals surface area (Å²) in [5.74, 6) is 0. The van der Waals surface area contributed by atoms with Crippen molar-refractivity contribution in [1.82, 2.24) is 0 Å². The molecule has 0 unspecified atom stereocenters. The number of hydrogen-bond donors (Lipinski definition) is 0. The normalized spacial score (nSPS) is 11.9. The highest BCUT2D eigenvalue weighted by atomic mass is 16.3. The Kier molecular flexibility index (Phi) is 8.21. The number of fused-ring (bicyclic) bond motifs is 14. The maximum Gasteiger partial charge on any atom is 0.159 e. The molecule has 0 aliphatic carbocycles. The van der Waals surface area contributed by atoms with E-state index < -0.39 is 0 Å². The first kappa shape index (κ1) is 37.3. The van der Waals surface area contributed by atoms with Gasteiger partial charge in [-0.05, 0) is 118 Å². The van der Waals surface area contributed by atoms with Gasteiger partial charge in [0.1, 0.15) is 22.3 Å². The van der Waals surface area contributed by atoms with Crippen LogP contribution in [0.4, 0.5) is 34.1 Å². The van der Waals surface area contributed by atoms with Gasteiger partial charge in [0, 0.05) is 60.5 Å². The molecule has 0 fully saturated rings. The Morgan fingerprint density at radius 2 is 0.687 bits per heavy atom. The SMILES string of the molecule is c1ccc(N(c2ccc(-c3ccc4c(c3)oc3c5ccc(N(c6ccccc6)c6cccc7c6oc6ccccc67)cc5c5ccccc5c43)cc2)c2cccc3c2oc2ccccc23)cc1. The van der Waals surface area contributed by atoms with Gasteiger partial charge in [0.25, 0.3) is 0 Å². The van der Waals surface area contributed by atoms with Crippen molar-refractivity contribution < 1.29 is 13.3 Å². The Balaban J connectivity index is 0.889. The quantitative estimate of drug-likeness (QED) is 0.149. The molecule has 0 radical (unpaired) electrons. The predicted octanol–water partition coefficient (Wildman–Crippen LogP) is 18.3. The summed E-state index contributed by atoms with van der Waals surface area (Å²) in [7, 11) is 0. The fourth-order valence-electron chi connectivity index (χ4n) is 10.4. The van der Waals surface area contributed by atoms with Gasteiger partial charge in [-0.1, -0.05) is 140 Å². The van der Waals surface area contributed by atoms with Crippen molar-refractivity contribution >= 4 is 121 Å². The van der Waals surface area contributed by atoms with Crippen molar-refractivity contribution in [2.45, 2.75) is 0 Å². The Hall–Kier alpha value is -9.06. The molecule has 0 spiro atoms. The van der Waals surface area contributed by atoms with Crippen LogP contribution in [0.1, 0.15) is 0 Å². The molecular weight excluding hydrogens is 821 g/mol. The molecule has 0 N–H and O–H groups in total. The van der Waals surface area contributed by atoms with Crippen molar-refractivity contribution in [2.24, 2.45) is 0 Å². The molecule has 0 aliphatic rings. The maximum atomic E-state index is 6.99. The number of hydrogen-bond acceptors (Lipinski definition) is 5. The highest BCUT2D eigenvalue weighted by Gasteiger charge is 2.23. The molecule has 0 saturated carbocycles. The molecule has 3 aromatic heterocycles. The molecule has 11 aromatic carbocycles. The Morgan fingerprint density at radius 1 is 0.239 bits per heavy atom. The van der Waals surface area contributed by atoms with E-state index in [2.05, 4.69) is 216 Å². The largest absolute Gasteiger partial charge is 0.455 e. The summed E-state index contributed by atoms with van der Waals surface area (Å²) < 4.78 is 20.1. The van der Waals surface area contributed by atoms with Crippen molar-refractivity contribution in [3.8, 4) is 11.1 Å². The van der Waals surface area contributed by atoms with Crippen molar-refractivity contribution in [3.63, 3.8) is 0 Å². The highest BCUT2D eigenvalue weighted by molar-refractivity contribution is 6.30. The van der Waals surface area contributed by atoms with Crippen LogP contribution in [0.3, 0.4) is 0 Å². The van der Waals surface area contributed by atoms with Crippen LogP contribution in [0.2, 0.25) is 0 Å². The molecule has 0 aliphatic heterocycles. The van der Waals surface area contributed by atoms with E-state index in [9.17, 15) is 0 Å². The van der Waals surface area contributed by atoms with E-state index >= 15 is 0 Å². The first-order valence-electron chi connectivity index (χ1n) is 22.7. The summed E-state index contributed by atoms with van der Waals surface area (Å²) in [6, 6.07) is 81.2. The van der Waals surface area contributed by atoms with Crippen LogP contribution in [-0.4, -0.2) is 0 Å². The zero-order valence-electron chi connectivity index (χ0n) is 36.1. The molecule has 5 heteroatoms. The molecule has 0 saturated heterocycles. The molecule has 67 heavy (non-hydrogen) atoms. The van der Waals surface area contributed by atoms with E-state index in [1.807, 2.05) is 24.3 Å². The molecule has 3 heterocycles. The molecular formula is C62H38N2O3. The molecule has 0 atom stereocenters. The molecule has 314 valence electrons. The zero-order valence-corrected chi connectivity index (χ0v) is 36.1. The number of nitrogens with zero attached hydrogens (tertiary/aromatic N) is 2.